The number of nitrogens with one attached hydrogen (secondary N) is 1. The van der Waals surface area contributed by atoms with E-state index in [2.05, 4.69) is 9.97 Å². The topological polar surface area (TPSA) is 69.2 Å². The summed E-state index contributed by atoms with van der Waals surface area (Å²) in [6, 6.07) is 5.41. The van der Waals surface area contributed by atoms with E-state index in [0.29, 0.717) is 18.7 Å². The number of imidazole rings is 1. The van der Waals surface area contributed by atoms with Gasteiger partial charge in [-0.1, -0.05) is 13.8 Å². The van der Waals surface area contributed by atoms with E-state index >= 15 is 0 Å². The predicted octanol–water partition coefficient (Wildman–Crippen LogP) is 1.41. The van der Waals surface area contributed by atoms with Crippen LogP contribution in [0.1, 0.15) is 24.2 Å². The van der Waals surface area contributed by atoms with E-state index in [4.69, 9.17) is 0 Å². The smallest absolute Gasteiger partial charge is 0.254 e. The second-order valence-electron chi connectivity index (χ2n) is 5.55. The summed E-state index contributed by atoms with van der Waals surface area (Å²) in [5.41, 5.74) is 1.60. The molecular formula is C14H17N3O2. The molecule has 2 heterocycles. The number of β-amino-alcohol motifs (C(OH)–C–C–N with tert-alkyl or cyclic N) is 1. The maximum absolute atomic E-state index is 12.3. The van der Waals surface area contributed by atoms with Crippen molar-refractivity contribution in [2.45, 2.75) is 19.4 Å². The van der Waals surface area contributed by atoms with E-state index in [1.165, 1.54) is 0 Å². The van der Waals surface area contributed by atoms with Crippen LogP contribution in [0.3, 0.4) is 0 Å². The highest BCUT2D eigenvalue weighted by Gasteiger charge is 2.45. The molecule has 5 nitrogen and oxygen atoms in total. The minimum atomic E-state index is -0.728. The number of aliphatic hydroxyl groups is 1. The quantitative estimate of drug-likeness (QED) is 0.856. The van der Waals surface area contributed by atoms with Crippen molar-refractivity contribution in [3.63, 3.8) is 0 Å². The lowest BCUT2D eigenvalue weighted by Crippen LogP contribution is -2.65. The summed E-state index contributed by atoms with van der Waals surface area (Å²) in [5.74, 6) is 0.119. The number of carbonyl (C=O) groups excluding carboxylic acids is 1. The number of aromatic nitrogens is 2. The Bertz CT molecular complexity index is 626. The van der Waals surface area contributed by atoms with Crippen molar-refractivity contribution in [1.82, 2.24) is 14.9 Å². The molecule has 2 aromatic rings. The highest BCUT2D eigenvalue weighted by atomic mass is 16.3. The van der Waals surface area contributed by atoms with Crippen LogP contribution < -0.4 is 0 Å². The fourth-order valence-electron chi connectivity index (χ4n) is 2.37. The Morgan fingerprint density at radius 3 is 2.89 bits per heavy atom. The Hall–Kier alpha value is -1.88. The van der Waals surface area contributed by atoms with Crippen molar-refractivity contribution in [1.29, 1.82) is 0 Å². The number of amides is 1. The number of H-pyrrole nitrogens is 1. The van der Waals surface area contributed by atoms with Gasteiger partial charge >= 0.3 is 0 Å². The fourth-order valence-corrected chi connectivity index (χ4v) is 2.37. The average Bonchev–Trinajstić information content (AvgIpc) is 2.80. The van der Waals surface area contributed by atoms with Crippen LogP contribution in [-0.2, 0) is 0 Å². The van der Waals surface area contributed by atoms with Gasteiger partial charge in [0.15, 0.2) is 0 Å². The maximum Gasteiger partial charge on any atom is 0.254 e. The molecule has 2 N–H and O–H groups in total. The molecule has 0 aliphatic carbocycles. The monoisotopic (exact) mass is 259 g/mol. The Labute approximate surface area is 111 Å². The summed E-state index contributed by atoms with van der Waals surface area (Å²) < 4.78 is 0. The third-order valence-electron chi connectivity index (χ3n) is 3.96. The molecule has 0 spiro atoms. The van der Waals surface area contributed by atoms with Crippen molar-refractivity contribution in [3.8, 4) is 0 Å². The van der Waals surface area contributed by atoms with E-state index in [9.17, 15) is 9.90 Å². The standard InChI is InChI=1S/C14H17N3O2/c1-9(2)14(19)6-17(7-14)13(18)10-3-4-11-12(5-10)16-8-15-11/h3-5,8-9,19H,6-7H2,1-2H3,(H,15,16). The molecule has 1 aliphatic rings. The lowest BCUT2D eigenvalue weighted by atomic mass is 9.82. The molecule has 1 fully saturated rings. The van der Waals surface area contributed by atoms with Gasteiger partial charge in [0.1, 0.15) is 5.60 Å². The molecule has 1 aliphatic heterocycles. The summed E-state index contributed by atoms with van der Waals surface area (Å²) >= 11 is 0. The molecule has 1 amide bonds. The summed E-state index contributed by atoms with van der Waals surface area (Å²) in [6.07, 6.45) is 1.61. The number of hydrogen-bond donors (Lipinski definition) is 2. The molecule has 5 heteroatoms. The molecule has 0 unspecified atom stereocenters. The van der Waals surface area contributed by atoms with Crippen LogP contribution >= 0.6 is 0 Å². The Morgan fingerprint density at radius 2 is 2.21 bits per heavy atom. The number of benzene rings is 1. The van der Waals surface area contributed by atoms with Crippen molar-refractivity contribution < 1.29 is 9.90 Å². The zero-order valence-corrected chi connectivity index (χ0v) is 11.1. The molecule has 1 aromatic heterocycles. The van der Waals surface area contributed by atoms with Gasteiger partial charge in [-0.25, -0.2) is 4.98 Å². The lowest BCUT2D eigenvalue weighted by Gasteiger charge is -2.49. The SMILES string of the molecule is CC(C)C1(O)CN(C(=O)c2ccc3nc[nH]c3c2)C1. The number of likely N-dealkylation sites (tertiary alicyclic amines) is 1. The second kappa shape index (κ2) is 4.06. The normalized spacial score (nSPS) is 17.8. The van der Waals surface area contributed by atoms with E-state index in [0.717, 1.165) is 11.0 Å². The van der Waals surface area contributed by atoms with Crippen LogP contribution in [0.4, 0.5) is 0 Å². The van der Waals surface area contributed by atoms with E-state index in [1.54, 1.807) is 23.4 Å². The van der Waals surface area contributed by atoms with Crippen LogP contribution in [0.5, 0.6) is 0 Å². The number of rotatable bonds is 2. The molecule has 0 bridgehead atoms. The van der Waals surface area contributed by atoms with Crippen molar-refractivity contribution >= 4 is 16.9 Å². The van der Waals surface area contributed by atoms with Crippen molar-refractivity contribution in [3.05, 3.63) is 30.1 Å². The van der Waals surface area contributed by atoms with E-state index in [1.807, 2.05) is 19.9 Å². The second-order valence-corrected chi connectivity index (χ2v) is 5.55. The minimum Gasteiger partial charge on any atom is -0.386 e. The number of carbonyl (C=O) groups is 1. The number of aromatic amines is 1. The summed E-state index contributed by atoms with van der Waals surface area (Å²) in [6.45, 7) is 4.76. The maximum atomic E-state index is 12.3. The molecule has 100 valence electrons. The number of fused-ring (bicyclic) bond motifs is 1. The van der Waals surface area contributed by atoms with Crippen LogP contribution in [0.15, 0.2) is 24.5 Å². The van der Waals surface area contributed by atoms with Gasteiger partial charge in [0, 0.05) is 5.56 Å². The Balaban J connectivity index is 1.78. The zero-order chi connectivity index (χ0) is 13.6. The van der Waals surface area contributed by atoms with Gasteiger partial charge in [-0.05, 0) is 24.1 Å². The van der Waals surface area contributed by atoms with E-state index in [-0.39, 0.29) is 11.8 Å². The molecular weight excluding hydrogens is 242 g/mol. The molecule has 3 rings (SSSR count). The van der Waals surface area contributed by atoms with Gasteiger partial charge in [0.25, 0.3) is 5.91 Å². The highest BCUT2D eigenvalue weighted by molar-refractivity contribution is 5.97. The third kappa shape index (κ3) is 1.90. The van der Waals surface area contributed by atoms with Crippen molar-refractivity contribution in [2.75, 3.05) is 13.1 Å². The third-order valence-corrected chi connectivity index (χ3v) is 3.96. The number of nitrogens with zero attached hydrogens (tertiary/aromatic N) is 2. The molecule has 1 aromatic carbocycles. The van der Waals surface area contributed by atoms with Crippen LogP contribution in [0.2, 0.25) is 0 Å². The summed E-state index contributed by atoms with van der Waals surface area (Å²) in [4.78, 5) is 21.1. The van der Waals surface area contributed by atoms with Gasteiger partial charge in [-0.15, -0.1) is 0 Å². The first kappa shape index (κ1) is 12.2. The minimum absolute atomic E-state index is 0.0400. The first-order chi connectivity index (χ1) is 8.99. The van der Waals surface area contributed by atoms with Gasteiger partial charge in [0.05, 0.1) is 30.5 Å². The lowest BCUT2D eigenvalue weighted by molar-refractivity contribution is -0.110. The van der Waals surface area contributed by atoms with Gasteiger partial charge in [0.2, 0.25) is 0 Å². The first-order valence-electron chi connectivity index (χ1n) is 6.44. The van der Waals surface area contributed by atoms with E-state index < -0.39 is 5.60 Å². The van der Waals surface area contributed by atoms with Gasteiger partial charge in [-0.3, -0.25) is 4.79 Å². The Kier molecular flexibility index (Phi) is 2.60. The number of hydrogen-bond acceptors (Lipinski definition) is 3. The van der Waals surface area contributed by atoms with Crippen LogP contribution in [0.25, 0.3) is 11.0 Å². The molecule has 0 radical (unpaired) electrons. The van der Waals surface area contributed by atoms with Crippen LogP contribution in [0, 0.1) is 5.92 Å². The largest absolute Gasteiger partial charge is 0.386 e. The van der Waals surface area contributed by atoms with Crippen LogP contribution in [-0.4, -0.2) is 44.6 Å². The van der Waals surface area contributed by atoms with Gasteiger partial charge < -0.3 is 15.0 Å². The predicted molar refractivity (Wildman–Crippen MR) is 71.8 cm³/mol. The average molecular weight is 259 g/mol. The molecule has 0 atom stereocenters. The fraction of sp³-hybridized carbons (Fsp3) is 0.429. The van der Waals surface area contributed by atoms with Gasteiger partial charge in [-0.2, -0.15) is 0 Å². The highest BCUT2D eigenvalue weighted by Crippen LogP contribution is 2.30. The molecule has 19 heavy (non-hydrogen) atoms. The van der Waals surface area contributed by atoms with Crippen molar-refractivity contribution in [2.24, 2.45) is 5.92 Å². The molecule has 1 saturated heterocycles. The Morgan fingerprint density at radius 1 is 1.47 bits per heavy atom. The first-order valence-corrected chi connectivity index (χ1v) is 6.44. The molecule has 0 saturated carbocycles. The summed E-state index contributed by atoms with van der Waals surface area (Å²) in [5, 5.41) is 10.2. The summed E-state index contributed by atoms with van der Waals surface area (Å²) in [7, 11) is 0. The zero-order valence-electron chi connectivity index (χ0n) is 11.1.